The predicted molar refractivity (Wildman–Crippen MR) is 281 cm³/mol. The molecule has 0 saturated carbocycles. The number of anilines is 2. The van der Waals surface area contributed by atoms with Crippen molar-refractivity contribution in [1.29, 1.82) is 0 Å². The Hall–Kier alpha value is -8.84. The number of nitrogens with zero attached hydrogens (tertiary/aromatic N) is 2. The van der Waals surface area contributed by atoms with Crippen molar-refractivity contribution in [1.82, 2.24) is 9.97 Å². The second-order valence-electron chi connectivity index (χ2n) is 18.0. The van der Waals surface area contributed by atoms with Gasteiger partial charge in [-0.15, -0.1) is 11.3 Å². The summed E-state index contributed by atoms with van der Waals surface area (Å²) in [4.78, 5) is 10.6. The fourth-order valence-electron chi connectivity index (χ4n) is 11.5. The molecule has 0 bridgehead atoms. The number of thiophene rings is 1. The topological polar surface area (TPSA) is 56.3 Å². The summed E-state index contributed by atoms with van der Waals surface area (Å²) in [5, 5.41) is 7.05. The lowest BCUT2D eigenvalue weighted by Gasteiger charge is -2.39. The van der Waals surface area contributed by atoms with Gasteiger partial charge in [0.25, 0.3) is 0 Å². The third-order valence-corrected chi connectivity index (χ3v) is 15.5. The minimum absolute atomic E-state index is 0.530. The van der Waals surface area contributed by atoms with Crippen molar-refractivity contribution >= 4 is 53.8 Å². The zero-order chi connectivity index (χ0) is 45.2. The van der Waals surface area contributed by atoms with Crippen LogP contribution in [0.15, 0.2) is 218 Å². The van der Waals surface area contributed by atoms with Crippen LogP contribution in [0.25, 0.3) is 87.1 Å². The molecule has 69 heavy (non-hydrogen) atoms. The fraction of sp³-hybridized carbons (Fsp3) is 0.0159. The number of hydrogen-bond acceptors (Lipinski definition) is 6. The molecule has 0 saturated heterocycles. The number of rotatable bonds is 4. The van der Waals surface area contributed by atoms with Gasteiger partial charge in [-0.2, -0.15) is 0 Å². The van der Waals surface area contributed by atoms with Gasteiger partial charge in [0, 0.05) is 47.8 Å². The molecule has 12 aromatic rings. The van der Waals surface area contributed by atoms with E-state index in [-0.39, 0.29) is 0 Å². The van der Waals surface area contributed by atoms with E-state index in [0.717, 1.165) is 67.7 Å². The molecule has 0 unspecified atom stereocenters. The Balaban J connectivity index is 0.878. The number of hydrogen-bond donors (Lipinski definition) is 1. The number of nitrogens with one attached hydrogen (secondary N) is 1. The highest BCUT2D eigenvalue weighted by molar-refractivity contribution is 7.26. The van der Waals surface area contributed by atoms with Crippen molar-refractivity contribution in [3.63, 3.8) is 0 Å². The number of aromatic nitrogens is 2. The van der Waals surface area contributed by atoms with Crippen LogP contribution in [-0.4, -0.2) is 9.97 Å². The van der Waals surface area contributed by atoms with Gasteiger partial charge in [0.1, 0.15) is 11.5 Å². The first-order valence-corrected chi connectivity index (χ1v) is 24.1. The number of fused-ring (bicyclic) bond motifs is 15. The zero-order valence-electron chi connectivity index (χ0n) is 36.9. The summed E-state index contributed by atoms with van der Waals surface area (Å²) in [5.41, 5.74) is 17.1. The van der Waals surface area contributed by atoms with Gasteiger partial charge in [-0.05, 0) is 111 Å². The van der Waals surface area contributed by atoms with Crippen LogP contribution in [0, 0.1) is 0 Å². The monoisotopic (exact) mass is 899 g/mol. The SMILES string of the molecule is c1cc(-c2cccc3c2-c2ccccc2C32c3ccccc3Oc3ccccc32)cc(-c2cccc3sc4ccc(-c5nc(-c6cccc7c6Nc6ccccc6O7)c6ccccc6n5)cc4c23)c1. The Morgan fingerprint density at radius 3 is 1.90 bits per heavy atom. The molecular formula is C63H37N3O2S. The van der Waals surface area contributed by atoms with Gasteiger partial charge in [-0.25, -0.2) is 9.97 Å². The highest BCUT2D eigenvalue weighted by atomic mass is 32.1. The largest absolute Gasteiger partial charge is 0.457 e. The van der Waals surface area contributed by atoms with Crippen LogP contribution in [0.5, 0.6) is 23.0 Å². The molecule has 3 aliphatic rings. The standard InChI is InChI=1S/C63H37N3O2S/c1-3-22-46-42(17-1)58-40(19-12-25-49(58)63(46)47-23-4-8-28-52(47)67-53-29-9-5-24-48(53)63)37-15-11-16-38(35-37)41-20-14-32-57-59(41)45-36-39(33-34-56(45)69-57)62-65-50-26-6-2-18-43(50)60(66-62)44-21-13-31-55-61(44)64-51-27-7-10-30-54(51)68-55/h1-36,64H. The van der Waals surface area contributed by atoms with E-state index in [4.69, 9.17) is 19.4 Å². The molecule has 322 valence electrons. The van der Waals surface area contributed by atoms with Crippen molar-refractivity contribution in [3.05, 3.63) is 241 Å². The predicted octanol–water partition coefficient (Wildman–Crippen LogP) is 17.0. The van der Waals surface area contributed by atoms with Crippen LogP contribution in [0.1, 0.15) is 22.3 Å². The second-order valence-corrected chi connectivity index (χ2v) is 19.1. The Morgan fingerprint density at radius 1 is 0.406 bits per heavy atom. The lowest BCUT2D eigenvalue weighted by atomic mass is 9.66. The average Bonchev–Trinajstić information content (AvgIpc) is 3.94. The van der Waals surface area contributed by atoms with Crippen LogP contribution < -0.4 is 14.8 Å². The number of benzene rings is 10. The quantitative estimate of drug-likeness (QED) is 0.191. The molecule has 2 aliphatic heterocycles. The summed E-state index contributed by atoms with van der Waals surface area (Å²) in [7, 11) is 0. The maximum atomic E-state index is 6.62. The highest BCUT2D eigenvalue weighted by Crippen LogP contribution is 2.63. The molecule has 10 aromatic carbocycles. The lowest BCUT2D eigenvalue weighted by molar-refractivity contribution is 0.436. The van der Waals surface area contributed by atoms with Gasteiger partial charge in [0.05, 0.1) is 28.0 Å². The molecule has 1 N–H and O–H groups in total. The van der Waals surface area contributed by atoms with Crippen LogP contribution in [0.4, 0.5) is 11.4 Å². The van der Waals surface area contributed by atoms with E-state index in [1.165, 1.54) is 70.2 Å². The van der Waals surface area contributed by atoms with Crippen LogP contribution in [-0.2, 0) is 5.41 Å². The van der Waals surface area contributed by atoms with Gasteiger partial charge in [0.2, 0.25) is 0 Å². The Labute approximate surface area is 401 Å². The van der Waals surface area contributed by atoms with Gasteiger partial charge in [-0.3, -0.25) is 0 Å². The van der Waals surface area contributed by atoms with E-state index in [2.05, 4.69) is 181 Å². The van der Waals surface area contributed by atoms with Crippen molar-refractivity contribution < 1.29 is 9.47 Å². The minimum atomic E-state index is -0.530. The maximum Gasteiger partial charge on any atom is 0.160 e. The van der Waals surface area contributed by atoms with E-state index >= 15 is 0 Å². The van der Waals surface area contributed by atoms with Crippen LogP contribution in [0.2, 0.25) is 0 Å². The van der Waals surface area contributed by atoms with Crippen molar-refractivity contribution in [2.45, 2.75) is 5.41 Å². The van der Waals surface area contributed by atoms with E-state index in [1.54, 1.807) is 0 Å². The minimum Gasteiger partial charge on any atom is -0.457 e. The summed E-state index contributed by atoms with van der Waals surface area (Å²) >= 11 is 1.82. The van der Waals surface area contributed by atoms with Gasteiger partial charge < -0.3 is 14.8 Å². The normalized spacial score (nSPS) is 13.4. The van der Waals surface area contributed by atoms with Crippen molar-refractivity contribution in [2.75, 3.05) is 5.32 Å². The Morgan fingerprint density at radius 2 is 1.03 bits per heavy atom. The third kappa shape index (κ3) is 5.52. The van der Waals surface area contributed by atoms with Crippen LogP contribution >= 0.6 is 11.3 Å². The second kappa shape index (κ2) is 14.6. The zero-order valence-corrected chi connectivity index (χ0v) is 37.7. The molecule has 5 nitrogen and oxygen atoms in total. The maximum absolute atomic E-state index is 6.62. The molecule has 4 heterocycles. The van der Waals surface area contributed by atoms with Crippen molar-refractivity contribution in [2.24, 2.45) is 0 Å². The molecule has 0 radical (unpaired) electrons. The molecule has 0 atom stereocenters. The molecule has 1 spiro atoms. The smallest absolute Gasteiger partial charge is 0.160 e. The average molecular weight is 900 g/mol. The van der Waals surface area contributed by atoms with E-state index in [9.17, 15) is 0 Å². The first-order chi connectivity index (χ1) is 34.2. The molecule has 2 aromatic heterocycles. The molecule has 1 aliphatic carbocycles. The first kappa shape index (κ1) is 38.3. The van der Waals surface area contributed by atoms with E-state index in [0.29, 0.717) is 5.82 Å². The third-order valence-electron chi connectivity index (χ3n) is 14.4. The first-order valence-electron chi connectivity index (χ1n) is 23.3. The van der Waals surface area contributed by atoms with Gasteiger partial charge in [-0.1, -0.05) is 152 Å². The van der Waals surface area contributed by atoms with E-state index in [1.807, 2.05) is 53.8 Å². The molecule has 15 rings (SSSR count). The fourth-order valence-corrected chi connectivity index (χ4v) is 12.6. The summed E-state index contributed by atoms with van der Waals surface area (Å²) in [6.07, 6.45) is 0. The summed E-state index contributed by atoms with van der Waals surface area (Å²) in [6, 6.07) is 77.9. The van der Waals surface area contributed by atoms with Gasteiger partial charge in [0.15, 0.2) is 17.3 Å². The summed E-state index contributed by atoms with van der Waals surface area (Å²) < 4.78 is 15.5. The molecule has 0 fully saturated rings. The lowest BCUT2D eigenvalue weighted by Crippen LogP contribution is -2.32. The highest BCUT2D eigenvalue weighted by Gasteiger charge is 2.51. The van der Waals surface area contributed by atoms with Gasteiger partial charge >= 0.3 is 0 Å². The number of para-hydroxylation sites is 6. The number of ether oxygens (including phenoxy) is 2. The van der Waals surface area contributed by atoms with Crippen molar-refractivity contribution in [3.8, 4) is 79.0 Å². The summed E-state index contributed by atoms with van der Waals surface area (Å²) in [6.45, 7) is 0. The Kier molecular flexibility index (Phi) is 8.09. The molecule has 6 heteroatoms. The van der Waals surface area contributed by atoms with E-state index < -0.39 is 5.41 Å². The summed E-state index contributed by atoms with van der Waals surface area (Å²) in [5.74, 6) is 4.02. The van der Waals surface area contributed by atoms with Crippen LogP contribution in [0.3, 0.4) is 0 Å². The molecular weight excluding hydrogens is 863 g/mol. The Bertz CT molecular complexity index is 4110. The molecule has 0 amide bonds.